The summed E-state index contributed by atoms with van der Waals surface area (Å²) >= 11 is 0. The number of carboxylic acid groups (broad SMARTS) is 1. The van der Waals surface area contributed by atoms with Crippen molar-refractivity contribution in [1.82, 2.24) is 0 Å². The molecular formula is C17H18O5. The SMILES string of the molecule is O=C(O)C(c1cccc(C(O)O)c1)C(O)Cc1ccccc1. The predicted octanol–water partition coefficient (Wildman–Crippen LogP) is 1.44. The first-order chi connectivity index (χ1) is 10.5. The molecule has 2 atom stereocenters. The van der Waals surface area contributed by atoms with Crippen LogP contribution >= 0.6 is 0 Å². The van der Waals surface area contributed by atoms with Gasteiger partial charge in [-0.1, -0.05) is 48.5 Å². The fourth-order valence-corrected chi connectivity index (χ4v) is 2.42. The highest BCUT2D eigenvalue weighted by molar-refractivity contribution is 5.77. The van der Waals surface area contributed by atoms with Gasteiger partial charge in [0.25, 0.3) is 0 Å². The summed E-state index contributed by atoms with van der Waals surface area (Å²) in [7, 11) is 0. The van der Waals surface area contributed by atoms with E-state index in [4.69, 9.17) is 0 Å². The molecule has 116 valence electrons. The second-order valence-electron chi connectivity index (χ2n) is 5.12. The van der Waals surface area contributed by atoms with Gasteiger partial charge in [-0.15, -0.1) is 0 Å². The molecule has 0 amide bonds. The first-order valence-electron chi connectivity index (χ1n) is 6.90. The molecule has 0 heterocycles. The molecule has 0 aromatic heterocycles. The molecule has 5 nitrogen and oxygen atoms in total. The van der Waals surface area contributed by atoms with E-state index >= 15 is 0 Å². The summed E-state index contributed by atoms with van der Waals surface area (Å²) in [5, 5.41) is 38.1. The molecule has 0 bridgehead atoms. The smallest absolute Gasteiger partial charge is 0.313 e. The highest BCUT2D eigenvalue weighted by atomic mass is 16.5. The van der Waals surface area contributed by atoms with E-state index in [-0.39, 0.29) is 12.0 Å². The van der Waals surface area contributed by atoms with Crippen LogP contribution in [0.1, 0.15) is 28.9 Å². The average Bonchev–Trinajstić information content (AvgIpc) is 2.48. The van der Waals surface area contributed by atoms with E-state index in [2.05, 4.69) is 0 Å². The minimum atomic E-state index is -1.68. The Bertz CT molecular complexity index is 624. The van der Waals surface area contributed by atoms with Crippen molar-refractivity contribution in [3.8, 4) is 0 Å². The maximum Gasteiger partial charge on any atom is 0.313 e. The quantitative estimate of drug-likeness (QED) is 0.605. The molecule has 0 spiro atoms. The van der Waals surface area contributed by atoms with E-state index in [1.54, 1.807) is 6.07 Å². The lowest BCUT2D eigenvalue weighted by atomic mass is 9.89. The van der Waals surface area contributed by atoms with Crippen LogP contribution in [0.25, 0.3) is 0 Å². The average molecular weight is 302 g/mol. The lowest BCUT2D eigenvalue weighted by molar-refractivity contribution is -0.141. The molecule has 22 heavy (non-hydrogen) atoms. The number of hydrogen-bond donors (Lipinski definition) is 4. The number of aliphatic hydroxyl groups is 3. The normalized spacial score (nSPS) is 13.8. The van der Waals surface area contributed by atoms with Gasteiger partial charge in [-0.05, 0) is 23.6 Å². The van der Waals surface area contributed by atoms with E-state index < -0.39 is 24.3 Å². The summed E-state index contributed by atoms with van der Waals surface area (Å²) in [4.78, 5) is 11.5. The third kappa shape index (κ3) is 3.92. The van der Waals surface area contributed by atoms with E-state index in [9.17, 15) is 25.2 Å². The summed E-state index contributed by atoms with van der Waals surface area (Å²) in [6.07, 6.45) is -2.60. The monoisotopic (exact) mass is 302 g/mol. The van der Waals surface area contributed by atoms with Crippen LogP contribution in [-0.2, 0) is 11.2 Å². The molecule has 4 N–H and O–H groups in total. The van der Waals surface area contributed by atoms with E-state index in [0.29, 0.717) is 5.56 Å². The highest BCUT2D eigenvalue weighted by Crippen LogP contribution is 2.25. The Kier molecular flexibility index (Phi) is 5.27. The van der Waals surface area contributed by atoms with E-state index in [0.717, 1.165) is 5.56 Å². The first-order valence-corrected chi connectivity index (χ1v) is 6.90. The fraction of sp³-hybridized carbons (Fsp3) is 0.235. The van der Waals surface area contributed by atoms with Gasteiger partial charge in [0.2, 0.25) is 0 Å². The van der Waals surface area contributed by atoms with Crippen LogP contribution in [0.3, 0.4) is 0 Å². The number of aliphatic hydroxyl groups excluding tert-OH is 2. The number of rotatable bonds is 6. The molecule has 0 aliphatic rings. The zero-order chi connectivity index (χ0) is 16.1. The van der Waals surface area contributed by atoms with Crippen LogP contribution in [0.15, 0.2) is 54.6 Å². The Balaban J connectivity index is 2.26. The number of aliphatic carboxylic acids is 1. The molecule has 0 saturated carbocycles. The molecule has 2 unspecified atom stereocenters. The van der Waals surface area contributed by atoms with Crippen molar-refractivity contribution in [2.24, 2.45) is 0 Å². The van der Waals surface area contributed by atoms with Gasteiger partial charge >= 0.3 is 5.97 Å². The fourth-order valence-electron chi connectivity index (χ4n) is 2.42. The topological polar surface area (TPSA) is 98.0 Å². The molecule has 2 aromatic carbocycles. The zero-order valence-electron chi connectivity index (χ0n) is 11.8. The molecule has 2 rings (SSSR count). The molecule has 5 heteroatoms. The summed E-state index contributed by atoms with van der Waals surface area (Å²) in [5.41, 5.74) is 1.36. The summed E-state index contributed by atoms with van der Waals surface area (Å²) in [6, 6.07) is 15.1. The van der Waals surface area contributed by atoms with Crippen LogP contribution in [0.4, 0.5) is 0 Å². The van der Waals surface area contributed by atoms with Crippen molar-refractivity contribution in [1.29, 1.82) is 0 Å². The van der Waals surface area contributed by atoms with Gasteiger partial charge in [0.15, 0.2) is 6.29 Å². The predicted molar refractivity (Wildman–Crippen MR) is 80.2 cm³/mol. The standard InChI is InChI=1S/C17H18O5/c18-14(9-11-5-2-1-3-6-11)15(17(21)22)12-7-4-8-13(10-12)16(19)20/h1-8,10,14-16,18-20H,9H2,(H,21,22). The van der Waals surface area contributed by atoms with Gasteiger partial charge in [0.1, 0.15) is 5.92 Å². The van der Waals surface area contributed by atoms with Gasteiger partial charge < -0.3 is 20.4 Å². The summed E-state index contributed by atoms with van der Waals surface area (Å²) in [6.45, 7) is 0. The van der Waals surface area contributed by atoms with E-state index in [1.165, 1.54) is 18.2 Å². The van der Waals surface area contributed by atoms with Gasteiger partial charge in [0.05, 0.1) is 6.10 Å². The summed E-state index contributed by atoms with van der Waals surface area (Å²) in [5.74, 6) is -2.30. The molecule has 0 radical (unpaired) electrons. The van der Waals surface area contributed by atoms with Crippen LogP contribution < -0.4 is 0 Å². The van der Waals surface area contributed by atoms with Crippen LogP contribution in [0.5, 0.6) is 0 Å². The number of benzene rings is 2. The van der Waals surface area contributed by atoms with Crippen LogP contribution in [0, 0.1) is 0 Å². The second-order valence-corrected chi connectivity index (χ2v) is 5.12. The van der Waals surface area contributed by atoms with E-state index in [1.807, 2.05) is 30.3 Å². The lowest BCUT2D eigenvalue weighted by Crippen LogP contribution is -2.28. The van der Waals surface area contributed by atoms with Gasteiger partial charge in [0, 0.05) is 5.56 Å². The highest BCUT2D eigenvalue weighted by Gasteiger charge is 2.29. The first kappa shape index (κ1) is 16.2. The maximum atomic E-state index is 11.5. The molecule has 2 aromatic rings. The molecule has 0 fully saturated rings. The third-order valence-electron chi connectivity index (χ3n) is 3.51. The second kappa shape index (κ2) is 7.17. The zero-order valence-corrected chi connectivity index (χ0v) is 11.8. The largest absolute Gasteiger partial charge is 0.481 e. The van der Waals surface area contributed by atoms with Gasteiger partial charge in [-0.3, -0.25) is 4.79 Å². The Labute approximate surface area is 128 Å². The maximum absolute atomic E-state index is 11.5. The number of carbonyl (C=O) groups is 1. The minimum absolute atomic E-state index is 0.190. The third-order valence-corrected chi connectivity index (χ3v) is 3.51. The minimum Gasteiger partial charge on any atom is -0.481 e. The summed E-state index contributed by atoms with van der Waals surface area (Å²) < 4.78 is 0. The Morgan fingerprint density at radius 2 is 1.55 bits per heavy atom. The molecule has 0 aliphatic heterocycles. The van der Waals surface area contributed by atoms with Gasteiger partial charge in [-0.25, -0.2) is 0 Å². The van der Waals surface area contributed by atoms with Gasteiger partial charge in [-0.2, -0.15) is 0 Å². The molecule has 0 aliphatic carbocycles. The number of hydrogen-bond acceptors (Lipinski definition) is 4. The Hall–Kier alpha value is -2.21. The molecular weight excluding hydrogens is 284 g/mol. The Morgan fingerprint density at radius 1 is 0.909 bits per heavy atom. The van der Waals surface area contributed by atoms with Crippen molar-refractivity contribution >= 4 is 5.97 Å². The van der Waals surface area contributed by atoms with Crippen molar-refractivity contribution in [3.05, 3.63) is 71.3 Å². The Morgan fingerprint density at radius 3 is 2.14 bits per heavy atom. The van der Waals surface area contributed by atoms with Crippen molar-refractivity contribution in [2.45, 2.75) is 24.7 Å². The van der Waals surface area contributed by atoms with Crippen molar-refractivity contribution in [2.75, 3.05) is 0 Å². The van der Waals surface area contributed by atoms with Crippen molar-refractivity contribution < 1.29 is 25.2 Å². The number of carboxylic acids is 1. The van der Waals surface area contributed by atoms with Crippen LogP contribution in [0.2, 0.25) is 0 Å². The lowest BCUT2D eigenvalue weighted by Gasteiger charge is -2.20. The van der Waals surface area contributed by atoms with Crippen molar-refractivity contribution in [3.63, 3.8) is 0 Å². The molecule has 0 saturated heterocycles. The van der Waals surface area contributed by atoms with Crippen LogP contribution in [-0.4, -0.2) is 32.5 Å².